The molecule has 1 aliphatic rings. The molecule has 0 aliphatic carbocycles. The number of carboxylic acids is 1. The third-order valence-electron chi connectivity index (χ3n) is 3.94. The molecule has 1 aliphatic heterocycles. The number of amides is 2. The molecule has 2 N–H and O–H groups in total. The van der Waals surface area contributed by atoms with Crippen LogP contribution in [0.3, 0.4) is 0 Å². The minimum Gasteiger partial charge on any atom is -0.481 e. The van der Waals surface area contributed by atoms with E-state index in [9.17, 15) is 9.59 Å². The van der Waals surface area contributed by atoms with Crippen molar-refractivity contribution in [1.29, 1.82) is 0 Å². The average Bonchev–Trinajstić information content (AvgIpc) is 2.95. The third-order valence-corrected chi connectivity index (χ3v) is 3.94. The molecule has 0 spiro atoms. The van der Waals surface area contributed by atoms with Crippen molar-refractivity contribution in [3.8, 4) is 0 Å². The molecule has 114 valence electrons. The van der Waals surface area contributed by atoms with E-state index in [1.165, 1.54) is 0 Å². The van der Waals surface area contributed by atoms with E-state index in [0.29, 0.717) is 12.5 Å². The van der Waals surface area contributed by atoms with Crippen LogP contribution in [0.4, 0.5) is 10.5 Å². The lowest BCUT2D eigenvalue weighted by atomic mass is 10.1. The van der Waals surface area contributed by atoms with Gasteiger partial charge >= 0.3 is 12.0 Å². The second kappa shape index (κ2) is 7.11. The highest BCUT2D eigenvalue weighted by molar-refractivity contribution is 5.89. The van der Waals surface area contributed by atoms with Crippen molar-refractivity contribution in [3.05, 3.63) is 29.8 Å². The minimum absolute atomic E-state index is 0.0439. The first kappa shape index (κ1) is 15.4. The van der Waals surface area contributed by atoms with Crippen LogP contribution in [0.5, 0.6) is 0 Å². The Morgan fingerprint density at radius 3 is 2.67 bits per heavy atom. The fraction of sp³-hybridized carbons (Fsp3) is 0.500. The van der Waals surface area contributed by atoms with Gasteiger partial charge in [-0.2, -0.15) is 0 Å². The number of hydrogen-bond acceptors (Lipinski definition) is 2. The number of aryl methyl sites for hydroxylation is 1. The number of nitrogens with zero attached hydrogens (tertiary/aromatic N) is 1. The van der Waals surface area contributed by atoms with Gasteiger partial charge in [-0.15, -0.1) is 0 Å². The van der Waals surface area contributed by atoms with Crippen LogP contribution >= 0.6 is 0 Å². The summed E-state index contributed by atoms with van der Waals surface area (Å²) < 4.78 is 0. The van der Waals surface area contributed by atoms with Gasteiger partial charge in [-0.1, -0.05) is 19.1 Å². The van der Waals surface area contributed by atoms with Crippen molar-refractivity contribution in [1.82, 2.24) is 4.90 Å². The van der Waals surface area contributed by atoms with Gasteiger partial charge in [0.05, 0.1) is 0 Å². The Kier molecular flexibility index (Phi) is 5.20. The Morgan fingerprint density at radius 1 is 1.33 bits per heavy atom. The number of carboxylic acid groups (broad SMARTS) is 1. The Morgan fingerprint density at radius 2 is 2.05 bits per heavy atom. The topological polar surface area (TPSA) is 69.6 Å². The summed E-state index contributed by atoms with van der Waals surface area (Å²) in [5, 5.41) is 11.6. The second-order valence-corrected chi connectivity index (χ2v) is 5.42. The molecule has 1 aromatic carbocycles. The zero-order valence-electron chi connectivity index (χ0n) is 12.3. The minimum atomic E-state index is -0.799. The lowest BCUT2D eigenvalue weighted by molar-refractivity contribution is -0.136. The second-order valence-electron chi connectivity index (χ2n) is 5.42. The van der Waals surface area contributed by atoms with Crippen LogP contribution in [-0.4, -0.2) is 34.6 Å². The van der Waals surface area contributed by atoms with Gasteiger partial charge in [-0.25, -0.2) is 4.79 Å². The fourth-order valence-electron chi connectivity index (χ4n) is 2.73. The number of aliphatic carboxylic acids is 1. The van der Waals surface area contributed by atoms with E-state index in [-0.39, 0.29) is 12.5 Å². The third kappa shape index (κ3) is 4.21. The number of urea groups is 1. The molecule has 1 unspecified atom stereocenters. The molecule has 0 bridgehead atoms. The van der Waals surface area contributed by atoms with Crippen molar-refractivity contribution in [3.63, 3.8) is 0 Å². The largest absolute Gasteiger partial charge is 0.481 e. The van der Waals surface area contributed by atoms with Crippen LogP contribution in [0.2, 0.25) is 0 Å². The maximum absolute atomic E-state index is 12.2. The van der Waals surface area contributed by atoms with Crippen LogP contribution in [0.25, 0.3) is 0 Å². The van der Waals surface area contributed by atoms with Gasteiger partial charge in [0.1, 0.15) is 0 Å². The molecule has 1 atom stereocenters. The first-order valence-electron chi connectivity index (χ1n) is 7.48. The fourth-order valence-corrected chi connectivity index (χ4v) is 2.73. The summed E-state index contributed by atoms with van der Waals surface area (Å²) in [6.07, 6.45) is 3.77. The Balaban J connectivity index is 1.90. The quantitative estimate of drug-likeness (QED) is 0.875. The van der Waals surface area contributed by atoms with E-state index < -0.39 is 5.97 Å². The van der Waals surface area contributed by atoms with Gasteiger partial charge in [-0.3, -0.25) is 4.79 Å². The summed E-state index contributed by atoms with van der Waals surface area (Å²) >= 11 is 0. The van der Waals surface area contributed by atoms with Gasteiger partial charge in [0.25, 0.3) is 0 Å². The number of carbonyl (C=O) groups excluding carboxylic acids is 1. The highest BCUT2D eigenvalue weighted by Gasteiger charge is 2.27. The summed E-state index contributed by atoms with van der Waals surface area (Å²) in [5.41, 5.74) is 1.71. The molecule has 21 heavy (non-hydrogen) atoms. The Bertz CT molecular complexity index is 499. The predicted molar refractivity (Wildman–Crippen MR) is 81.4 cm³/mol. The number of anilines is 1. The van der Waals surface area contributed by atoms with E-state index in [1.807, 2.05) is 29.2 Å². The number of carbonyl (C=O) groups is 2. The van der Waals surface area contributed by atoms with Crippen molar-refractivity contribution >= 4 is 17.7 Å². The zero-order valence-corrected chi connectivity index (χ0v) is 12.3. The first-order chi connectivity index (χ1) is 10.1. The number of likely N-dealkylation sites (tertiary alicyclic amines) is 1. The van der Waals surface area contributed by atoms with Crippen LogP contribution in [0, 0.1) is 0 Å². The molecule has 2 amide bonds. The molecule has 0 radical (unpaired) electrons. The van der Waals surface area contributed by atoms with Gasteiger partial charge in [0, 0.05) is 24.7 Å². The molecule has 1 fully saturated rings. The molecule has 5 heteroatoms. The first-order valence-corrected chi connectivity index (χ1v) is 7.48. The van der Waals surface area contributed by atoms with E-state index in [2.05, 4.69) is 12.2 Å². The van der Waals surface area contributed by atoms with Crippen LogP contribution in [0.1, 0.15) is 38.2 Å². The van der Waals surface area contributed by atoms with Crippen molar-refractivity contribution in [2.45, 2.75) is 45.1 Å². The van der Waals surface area contributed by atoms with E-state index in [4.69, 9.17) is 5.11 Å². The number of benzene rings is 1. The molecular weight excluding hydrogens is 268 g/mol. The Hall–Kier alpha value is -2.04. The normalized spacial score (nSPS) is 17.8. The maximum Gasteiger partial charge on any atom is 0.322 e. The summed E-state index contributed by atoms with van der Waals surface area (Å²) in [6.45, 7) is 2.93. The van der Waals surface area contributed by atoms with Crippen molar-refractivity contribution < 1.29 is 14.7 Å². The standard InChI is InChI=1S/C16H22N2O3/c1-2-14-4-3-11-18(14)16(21)17-13-8-5-12(6-9-13)7-10-15(19)20/h5-6,8-9,14H,2-4,7,10-11H2,1H3,(H,17,21)(H,19,20). The number of hydrogen-bond donors (Lipinski definition) is 2. The van der Waals surface area contributed by atoms with Crippen molar-refractivity contribution in [2.75, 3.05) is 11.9 Å². The predicted octanol–water partition coefficient (Wildman–Crippen LogP) is 3.11. The van der Waals surface area contributed by atoms with Gasteiger partial charge in [-0.05, 0) is 43.4 Å². The van der Waals surface area contributed by atoms with Gasteiger partial charge in [0.2, 0.25) is 0 Å². The van der Waals surface area contributed by atoms with Crippen LogP contribution in [0.15, 0.2) is 24.3 Å². The molecule has 2 rings (SSSR count). The Labute approximate surface area is 125 Å². The van der Waals surface area contributed by atoms with Crippen LogP contribution in [-0.2, 0) is 11.2 Å². The van der Waals surface area contributed by atoms with E-state index in [0.717, 1.165) is 37.1 Å². The summed E-state index contributed by atoms with van der Waals surface area (Å²) in [4.78, 5) is 24.7. The van der Waals surface area contributed by atoms with E-state index in [1.54, 1.807) is 0 Å². The molecular formula is C16H22N2O3. The summed E-state index contributed by atoms with van der Waals surface area (Å²) in [7, 11) is 0. The summed E-state index contributed by atoms with van der Waals surface area (Å²) in [6, 6.07) is 7.68. The molecule has 0 saturated carbocycles. The highest BCUT2D eigenvalue weighted by Crippen LogP contribution is 2.21. The van der Waals surface area contributed by atoms with Gasteiger partial charge in [0.15, 0.2) is 0 Å². The van der Waals surface area contributed by atoms with Gasteiger partial charge < -0.3 is 15.3 Å². The lowest BCUT2D eigenvalue weighted by Crippen LogP contribution is -2.38. The SMILES string of the molecule is CCC1CCCN1C(=O)Nc1ccc(CCC(=O)O)cc1. The molecule has 1 aromatic rings. The molecule has 1 saturated heterocycles. The average molecular weight is 290 g/mol. The number of nitrogens with one attached hydrogen (secondary N) is 1. The molecule has 5 nitrogen and oxygen atoms in total. The summed E-state index contributed by atoms with van der Waals surface area (Å²) in [5.74, 6) is -0.799. The monoisotopic (exact) mass is 290 g/mol. The van der Waals surface area contributed by atoms with Crippen molar-refractivity contribution in [2.24, 2.45) is 0 Å². The van der Waals surface area contributed by atoms with Crippen LogP contribution < -0.4 is 5.32 Å². The zero-order chi connectivity index (χ0) is 15.2. The maximum atomic E-state index is 12.2. The molecule has 1 heterocycles. The smallest absolute Gasteiger partial charge is 0.322 e. The molecule has 0 aromatic heterocycles. The van der Waals surface area contributed by atoms with E-state index >= 15 is 0 Å². The number of rotatable bonds is 5. The lowest BCUT2D eigenvalue weighted by Gasteiger charge is -2.24. The highest BCUT2D eigenvalue weighted by atomic mass is 16.4.